The molecule has 0 aliphatic rings. The Morgan fingerprint density at radius 2 is 2.16 bits per heavy atom. The Bertz CT molecular complexity index is 646. The van der Waals surface area contributed by atoms with Crippen LogP contribution in [-0.2, 0) is 14.8 Å². The number of rotatable bonds is 4. The van der Waals surface area contributed by atoms with Crippen molar-refractivity contribution in [3.63, 3.8) is 0 Å². The van der Waals surface area contributed by atoms with E-state index in [0.29, 0.717) is 0 Å². The van der Waals surface area contributed by atoms with Crippen molar-refractivity contribution in [2.24, 2.45) is 5.73 Å². The van der Waals surface area contributed by atoms with Crippen molar-refractivity contribution in [2.75, 3.05) is 13.2 Å². The van der Waals surface area contributed by atoms with E-state index < -0.39 is 34.9 Å². The van der Waals surface area contributed by atoms with Crippen molar-refractivity contribution in [1.29, 1.82) is 0 Å². The van der Waals surface area contributed by atoms with E-state index in [1.54, 1.807) is 0 Å². The molecule has 0 spiro atoms. The van der Waals surface area contributed by atoms with Crippen LogP contribution in [0.2, 0.25) is 0 Å². The van der Waals surface area contributed by atoms with Crippen molar-refractivity contribution >= 4 is 15.9 Å². The fourth-order valence-corrected chi connectivity index (χ4v) is 2.15. The molecule has 0 radical (unpaired) electrons. The molecule has 0 unspecified atom stereocenters. The van der Waals surface area contributed by atoms with Crippen molar-refractivity contribution in [3.05, 3.63) is 29.6 Å². The molecule has 0 aliphatic carbocycles. The van der Waals surface area contributed by atoms with Crippen LogP contribution in [0.15, 0.2) is 23.1 Å². The fraction of sp³-hybridized carbons (Fsp3) is 0.182. The standard InChI is InChI=1S/C11H11FN2O4S/c12-10-6-9(4-3-8(10)2-1-5-15)19(17,18)14-7-11(13)16/h3-4,6,14-15H,5,7H2,(H2,13,16). The Labute approximate surface area is 109 Å². The van der Waals surface area contributed by atoms with Crippen LogP contribution in [-0.4, -0.2) is 32.6 Å². The van der Waals surface area contributed by atoms with E-state index in [-0.39, 0.29) is 10.5 Å². The molecule has 8 heteroatoms. The maximum Gasteiger partial charge on any atom is 0.241 e. The number of hydrogen-bond acceptors (Lipinski definition) is 4. The molecule has 0 heterocycles. The van der Waals surface area contributed by atoms with E-state index in [1.807, 2.05) is 4.72 Å². The molecule has 1 amide bonds. The van der Waals surface area contributed by atoms with Gasteiger partial charge in [0.05, 0.1) is 17.0 Å². The van der Waals surface area contributed by atoms with E-state index >= 15 is 0 Å². The third kappa shape index (κ3) is 4.33. The molecule has 1 rings (SSSR count). The molecule has 0 aromatic heterocycles. The number of nitrogens with two attached hydrogens (primary N) is 1. The number of carbonyl (C=O) groups is 1. The molecule has 0 saturated carbocycles. The lowest BCUT2D eigenvalue weighted by molar-refractivity contribution is -0.116. The molecule has 1 aromatic carbocycles. The fourth-order valence-electron chi connectivity index (χ4n) is 1.15. The van der Waals surface area contributed by atoms with Gasteiger partial charge in [0, 0.05) is 0 Å². The van der Waals surface area contributed by atoms with Crippen molar-refractivity contribution in [3.8, 4) is 11.8 Å². The van der Waals surface area contributed by atoms with Gasteiger partial charge in [0.25, 0.3) is 0 Å². The lowest BCUT2D eigenvalue weighted by atomic mass is 10.2. The molecule has 0 saturated heterocycles. The Kier molecular flexibility index (Phi) is 5.00. The molecule has 1 aromatic rings. The van der Waals surface area contributed by atoms with Gasteiger partial charge in [-0.05, 0) is 18.2 Å². The van der Waals surface area contributed by atoms with E-state index in [0.717, 1.165) is 18.2 Å². The molecule has 102 valence electrons. The number of benzene rings is 1. The smallest absolute Gasteiger partial charge is 0.241 e. The number of halogens is 1. The van der Waals surface area contributed by atoms with Gasteiger partial charge in [-0.3, -0.25) is 4.79 Å². The van der Waals surface area contributed by atoms with E-state index in [1.165, 1.54) is 0 Å². The Balaban J connectivity index is 3.03. The first kappa shape index (κ1) is 15.1. The van der Waals surface area contributed by atoms with Crippen molar-refractivity contribution in [2.45, 2.75) is 4.90 Å². The van der Waals surface area contributed by atoms with Crippen LogP contribution in [0.25, 0.3) is 0 Å². The first-order valence-electron chi connectivity index (χ1n) is 5.04. The number of primary amides is 1. The largest absolute Gasteiger partial charge is 0.384 e. The molecule has 0 bridgehead atoms. The van der Waals surface area contributed by atoms with Crippen molar-refractivity contribution in [1.82, 2.24) is 4.72 Å². The summed E-state index contributed by atoms with van der Waals surface area (Å²) in [5.74, 6) is 2.87. The summed E-state index contributed by atoms with van der Waals surface area (Å²) in [4.78, 5) is 10.1. The zero-order valence-electron chi connectivity index (χ0n) is 9.68. The Morgan fingerprint density at radius 1 is 1.47 bits per heavy atom. The predicted octanol–water partition coefficient (Wildman–Crippen LogP) is -1.07. The summed E-state index contributed by atoms with van der Waals surface area (Å²) in [5, 5.41) is 8.48. The van der Waals surface area contributed by atoms with E-state index in [2.05, 4.69) is 11.8 Å². The maximum absolute atomic E-state index is 13.5. The van der Waals surface area contributed by atoms with Crippen LogP contribution in [0.5, 0.6) is 0 Å². The minimum Gasteiger partial charge on any atom is -0.384 e. The van der Waals surface area contributed by atoms with Gasteiger partial charge in [-0.2, -0.15) is 0 Å². The lowest BCUT2D eigenvalue weighted by Gasteiger charge is -2.05. The molecule has 6 nitrogen and oxygen atoms in total. The highest BCUT2D eigenvalue weighted by atomic mass is 32.2. The highest BCUT2D eigenvalue weighted by Gasteiger charge is 2.16. The topological polar surface area (TPSA) is 109 Å². The first-order valence-corrected chi connectivity index (χ1v) is 6.52. The molecule has 4 N–H and O–H groups in total. The van der Waals surface area contributed by atoms with Gasteiger partial charge in [-0.1, -0.05) is 11.8 Å². The van der Waals surface area contributed by atoms with E-state index in [9.17, 15) is 17.6 Å². The predicted molar refractivity (Wildman–Crippen MR) is 64.7 cm³/mol. The first-order chi connectivity index (χ1) is 8.86. The molecular weight excluding hydrogens is 275 g/mol. The number of amides is 1. The molecule has 19 heavy (non-hydrogen) atoms. The monoisotopic (exact) mass is 286 g/mol. The second-order valence-electron chi connectivity index (χ2n) is 3.39. The zero-order chi connectivity index (χ0) is 14.5. The number of aliphatic hydroxyl groups is 1. The minimum absolute atomic E-state index is 0.0390. The SMILES string of the molecule is NC(=O)CNS(=O)(=O)c1ccc(C#CCO)c(F)c1. The lowest BCUT2D eigenvalue weighted by Crippen LogP contribution is -2.33. The number of sulfonamides is 1. The molecule has 0 atom stereocenters. The second-order valence-corrected chi connectivity index (χ2v) is 5.16. The average Bonchev–Trinajstić information content (AvgIpc) is 2.35. The molecular formula is C11H11FN2O4S. The van der Waals surface area contributed by atoms with Crippen molar-refractivity contribution < 1.29 is 22.7 Å². The molecule has 0 fully saturated rings. The summed E-state index contributed by atoms with van der Waals surface area (Å²) in [6.45, 7) is -1.00. The summed E-state index contributed by atoms with van der Waals surface area (Å²) in [5.41, 5.74) is 4.77. The summed E-state index contributed by atoms with van der Waals surface area (Å²) >= 11 is 0. The number of hydrogen-bond donors (Lipinski definition) is 3. The zero-order valence-corrected chi connectivity index (χ0v) is 10.5. The van der Waals surface area contributed by atoms with Crippen LogP contribution >= 0.6 is 0 Å². The normalized spacial score (nSPS) is 10.6. The average molecular weight is 286 g/mol. The van der Waals surface area contributed by atoms with Gasteiger partial charge in [-0.25, -0.2) is 17.5 Å². The highest BCUT2D eigenvalue weighted by Crippen LogP contribution is 2.14. The summed E-state index contributed by atoms with van der Waals surface area (Å²) in [7, 11) is -4.00. The van der Waals surface area contributed by atoms with Gasteiger partial charge in [0.2, 0.25) is 15.9 Å². The summed E-state index contributed by atoms with van der Waals surface area (Å²) < 4.78 is 38.8. The van der Waals surface area contributed by atoms with Gasteiger partial charge >= 0.3 is 0 Å². The minimum atomic E-state index is -4.00. The highest BCUT2D eigenvalue weighted by molar-refractivity contribution is 7.89. The summed E-state index contributed by atoms with van der Waals surface area (Å²) in [6.07, 6.45) is 0. The third-order valence-corrected chi connectivity index (χ3v) is 3.39. The van der Waals surface area contributed by atoms with Crippen LogP contribution in [0.1, 0.15) is 5.56 Å². The third-order valence-electron chi connectivity index (χ3n) is 1.99. The Morgan fingerprint density at radius 3 is 2.68 bits per heavy atom. The van der Waals surface area contributed by atoms with Crippen LogP contribution in [0.4, 0.5) is 4.39 Å². The van der Waals surface area contributed by atoms with Gasteiger partial charge in [0.15, 0.2) is 0 Å². The number of nitrogens with one attached hydrogen (secondary N) is 1. The maximum atomic E-state index is 13.5. The second kappa shape index (κ2) is 6.29. The van der Waals surface area contributed by atoms with Gasteiger partial charge in [0.1, 0.15) is 12.4 Å². The van der Waals surface area contributed by atoms with Gasteiger partial charge in [-0.15, -0.1) is 0 Å². The van der Waals surface area contributed by atoms with Crippen LogP contribution in [0, 0.1) is 17.7 Å². The van der Waals surface area contributed by atoms with E-state index in [4.69, 9.17) is 10.8 Å². The number of aliphatic hydroxyl groups excluding tert-OH is 1. The Hall–Kier alpha value is -1.95. The quantitative estimate of drug-likeness (QED) is 0.612. The van der Waals surface area contributed by atoms with Gasteiger partial charge < -0.3 is 10.8 Å². The van der Waals surface area contributed by atoms with Crippen LogP contribution in [0.3, 0.4) is 0 Å². The summed E-state index contributed by atoms with van der Waals surface area (Å²) in [6, 6.07) is 3.06. The molecule has 0 aliphatic heterocycles. The van der Waals surface area contributed by atoms with Crippen LogP contribution < -0.4 is 10.5 Å². The number of carbonyl (C=O) groups excluding carboxylic acids is 1.